The summed E-state index contributed by atoms with van der Waals surface area (Å²) in [5, 5.41) is 0. The lowest BCUT2D eigenvalue weighted by molar-refractivity contribution is 0.0913. The summed E-state index contributed by atoms with van der Waals surface area (Å²) >= 11 is 0. The third-order valence-electron chi connectivity index (χ3n) is 3.12. The van der Waals surface area contributed by atoms with Crippen molar-refractivity contribution in [3.63, 3.8) is 0 Å². The van der Waals surface area contributed by atoms with Crippen LogP contribution in [0.1, 0.15) is 27.5 Å². The molecule has 0 radical (unpaired) electrons. The summed E-state index contributed by atoms with van der Waals surface area (Å²) in [6.45, 7) is 0. The zero-order valence-electron chi connectivity index (χ0n) is 9.68. The van der Waals surface area contributed by atoms with Crippen LogP contribution < -0.4 is 16.6 Å². The van der Waals surface area contributed by atoms with Gasteiger partial charge in [-0.3, -0.25) is 10.2 Å². The van der Waals surface area contributed by atoms with Gasteiger partial charge in [0.2, 0.25) is 0 Å². The molecule has 2 aromatic carbocycles. The molecule has 0 spiro atoms. The number of hydrazine groups is 1. The van der Waals surface area contributed by atoms with Crippen LogP contribution in [0, 0.1) is 0 Å². The second-order valence-electron chi connectivity index (χ2n) is 4.29. The van der Waals surface area contributed by atoms with E-state index in [0.29, 0.717) is 5.56 Å². The van der Waals surface area contributed by atoms with Gasteiger partial charge in [-0.1, -0.05) is 30.3 Å². The number of hydrogen-bond donors (Lipinski definition) is 3. The summed E-state index contributed by atoms with van der Waals surface area (Å²) < 4.78 is 0. The minimum absolute atomic E-state index is 0.0421. The van der Waals surface area contributed by atoms with E-state index in [9.17, 15) is 4.79 Å². The molecule has 4 heteroatoms. The molecule has 90 valence electrons. The summed E-state index contributed by atoms with van der Waals surface area (Å²) in [7, 11) is 0. The van der Waals surface area contributed by atoms with E-state index in [-0.39, 0.29) is 11.9 Å². The van der Waals surface area contributed by atoms with E-state index < -0.39 is 0 Å². The Labute approximate surface area is 105 Å². The van der Waals surface area contributed by atoms with Crippen molar-refractivity contribution in [1.82, 2.24) is 10.9 Å². The van der Waals surface area contributed by atoms with Gasteiger partial charge < -0.3 is 5.73 Å². The fourth-order valence-electron chi connectivity index (χ4n) is 2.19. The predicted octanol–water partition coefficient (Wildman–Crippen LogP) is 1.61. The first-order valence-electron chi connectivity index (χ1n) is 5.76. The molecule has 1 heterocycles. The summed E-state index contributed by atoms with van der Waals surface area (Å²) in [6, 6.07) is 15.2. The van der Waals surface area contributed by atoms with Crippen molar-refractivity contribution in [2.24, 2.45) is 0 Å². The van der Waals surface area contributed by atoms with Crippen LogP contribution in [-0.4, -0.2) is 5.91 Å². The highest BCUT2D eigenvalue weighted by molar-refractivity contribution is 5.96. The van der Waals surface area contributed by atoms with Crippen molar-refractivity contribution in [3.8, 4) is 0 Å². The van der Waals surface area contributed by atoms with E-state index in [1.807, 2.05) is 48.5 Å². The van der Waals surface area contributed by atoms with Crippen molar-refractivity contribution in [3.05, 3.63) is 65.2 Å². The average molecular weight is 239 g/mol. The van der Waals surface area contributed by atoms with Crippen LogP contribution in [0.25, 0.3) is 0 Å². The number of nitrogens with two attached hydrogens (primary N) is 1. The molecule has 4 N–H and O–H groups in total. The number of benzene rings is 2. The standard InChI is InChI=1S/C14H13N3O/c15-10-7-5-9(6-8-10)13-11-3-1-2-4-12(11)14(18)17-16-13/h1-8,13,16H,15H2,(H,17,18). The lowest BCUT2D eigenvalue weighted by Gasteiger charge is -2.27. The molecule has 0 fully saturated rings. The van der Waals surface area contributed by atoms with Crippen molar-refractivity contribution >= 4 is 11.6 Å². The minimum atomic E-state index is -0.0997. The van der Waals surface area contributed by atoms with Gasteiger partial charge in [0.15, 0.2) is 0 Å². The number of nitrogens with one attached hydrogen (secondary N) is 2. The Bertz CT molecular complexity index is 592. The number of fused-ring (bicyclic) bond motifs is 1. The van der Waals surface area contributed by atoms with E-state index in [0.717, 1.165) is 16.8 Å². The Hall–Kier alpha value is -2.33. The highest BCUT2D eigenvalue weighted by Crippen LogP contribution is 2.27. The molecule has 1 amide bonds. The Kier molecular flexibility index (Phi) is 2.50. The first kappa shape index (κ1) is 10.8. The number of carbonyl (C=O) groups excluding carboxylic acids is 1. The van der Waals surface area contributed by atoms with E-state index in [4.69, 9.17) is 5.73 Å². The van der Waals surface area contributed by atoms with E-state index in [2.05, 4.69) is 10.9 Å². The number of carbonyl (C=O) groups is 1. The molecule has 4 nitrogen and oxygen atoms in total. The Morgan fingerprint density at radius 1 is 1.00 bits per heavy atom. The van der Waals surface area contributed by atoms with Crippen LogP contribution in [0.2, 0.25) is 0 Å². The van der Waals surface area contributed by atoms with Crippen molar-refractivity contribution in [1.29, 1.82) is 0 Å². The van der Waals surface area contributed by atoms with Crippen LogP contribution in [-0.2, 0) is 0 Å². The smallest absolute Gasteiger partial charge is 0.265 e. The maximum atomic E-state index is 11.7. The third kappa shape index (κ3) is 1.72. The van der Waals surface area contributed by atoms with Crippen LogP contribution >= 0.6 is 0 Å². The Morgan fingerprint density at radius 3 is 2.50 bits per heavy atom. The molecule has 0 saturated heterocycles. The topological polar surface area (TPSA) is 67.2 Å². The zero-order valence-corrected chi connectivity index (χ0v) is 9.68. The second kappa shape index (κ2) is 4.16. The monoisotopic (exact) mass is 239 g/mol. The maximum absolute atomic E-state index is 11.7. The highest BCUT2D eigenvalue weighted by Gasteiger charge is 2.25. The fraction of sp³-hybridized carbons (Fsp3) is 0.0714. The lowest BCUT2D eigenvalue weighted by Crippen LogP contribution is -2.45. The van der Waals surface area contributed by atoms with Gasteiger partial charge in [0.05, 0.1) is 6.04 Å². The number of nitrogen functional groups attached to an aromatic ring is 1. The highest BCUT2D eigenvalue weighted by atomic mass is 16.2. The van der Waals surface area contributed by atoms with E-state index in [1.165, 1.54) is 0 Å². The van der Waals surface area contributed by atoms with Gasteiger partial charge in [-0.05, 0) is 29.3 Å². The molecule has 1 atom stereocenters. The molecule has 1 unspecified atom stereocenters. The van der Waals surface area contributed by atoms with Crippen LogP contribution in [0.5, 0.6) is 0 Å². The quantitative estimate of drug-likeness (QED) is 0.662. The first-order chi connectivity index (χ1) is 8.75. The van der Waals surface area contributed by atoms with E-state index >= 15 is 0 Å². The van der Waals surface area contributed by atoms with Crippen molar-refractivity contribution in [2.75, 3.05) is 5.73 Å². The number of amides is 1. The van der Waals surface area contributed by atoms with Crippen LogP contribution in [0.3, 0.4) is 0 Å². The number of anilines is 1. The SMILES string of the molecule is Nc1ccc(C2NNC(=O)c3ccccc32)cc1. The number of hydrogen-bond acceptors (Lipinski definition) is 3. The van der Waals surface area contributed by atoms with E-state index in [1.54, 1.807) is 0 Å². The molecule has 0 aliphatic carbocycles. The van der Waals surface area contributed by atoms with Gasteiger partial charge in [0, 0.05) is 11.3 Å². The Balaban J connectivity index is 2.07. The fourth-order valence-corrected chi connectivity index (χ4v) is 2.19. The average Bonchev–Trinajstić information content (AvgIpc) is 2.41. The molecule has 1 aliphatic heterocycles. The summed E-state index contributed by atoms with van der Waals surface area (Å²) in [4.78, 5) is 11.7. The second-order valence-corrected chi connectivity index (χ2v) is 4.29. The zero-order chi connectivity index (χ0) is 12.5. The molecule has 3 rings (SSSR count). The molecule has 2 aromatic rings. The normalized spacial score (nSPS) is 18.0. The van der Waals surface area contributed by atoms with Crippen LogP contribution in [0.4, 0.5) is 5.69 Å². The minimum Gasteiger partial charge on any atom is -0.399 e. The molecule has 0 bridgehead atoms. The van der Waals surface area contributed by atoms with Gasteiger partial charge in [0.25, 0.3) is 5.91 Å². The van der Waals surface area contributed by atoms with Crippen LogP contribution in [0.15, 0.2) is 48.5 Å². The lowest BCUT2D eigenvalue weighted by atomic mass is 9.93. The summed E-state index contributed by atoms with van der Waals surface area (Å²) in [6.07, 6.45) is 0. The molecule has 0 aromatic heterocycles. The third-order valence-corrected chi connectivity index (χ3v) is 3.12. The van der Waals surface area contributed by atoms with Crippen molar-refractivity contribution in [2.45, 2.75) is 6.04 Å². The molecule has 0 saturated carbocycles. The summed E-state index contributed by atoms with van der Waals surface area (Å²) in [5.41, 5.74) is 14.9. The molecule has 18 heavy (non-hydrogen) atoms. The van der Waals surface area contributed by atoms with Crippen molar-refractivity contribution < 1.29 is 4.79 Å². The van der Waals surface area contributed by atoms with Gasteiger partial charge >= 0.3 is 0 Å². The summed E-state index contributed by atoms with van der Waals surface area (Å²) in [5.74, 6) is -0.0997. The van der Waals surface area contributed by atoms with Gasteiger partial charge in [-0.25, -0.2) is 5.43 Å². The van der Waals surface area contributed by atoms with Gasteiger partial charge in [-0.2, -0.15) is 0 Å². The van der Waals surface area contributed by atoms with Gasteiger partial charge in [0.1, 0.15) is 0 Å². The predicted molar refractivity (Wildman–Crippen MR) is 69.7 cm³/mol. The first-order valence-corrected chi connectivity index (χ1v) is 5.76. The molecule has 1 aliphatic rings. The largest absolute Gasteiger partial charge is 0.399 e. The molecular formula is C14H13N3O. The maximum Gasteiger partial charge on any atom is 0.265 e. The Morgan fingerprint density at radius 2 is 1.72 bits per heavy atom. The number of rotatable bonds is 1. The van der Waals surface area contributed by atoms with Gasteiger partial charge in [-0.15, -0.1) is 0 Å². The molecular weight excluding hydrogens is 226 g/mol.